The van der Waals surface area contributed by atoms with Crippen LogP contribution < -0.4 is 15.2 Å². The molecule has 0 spiro atoms. The molecule has 0 atom stereocenters. The summed E-state index contributed by atoms with van der Waals surface area (Å²) in [6.07, 6.45) is 6.75. The zero-order valence-corrected chi connectivity index (χ0v) is 21.4. The molecule has 2 heterocycles. The highest BCUT2D eigenvalue weighted by molar-refractivity contribution is 5.68. The van der Waals surface area contributed by atoms with E-state index in [1.165, 1.54) is 0 Å². The minimum absolute atomic E-state index is 0.581. The number of benzene rings is 3. The van der Waals surface area contributed by atoms with Crippen LogP contribution in [0.1, 0.15) is 26.2 Å². The number of nitrogens with two attached hydrogens (primary N) is 1. The van der Waals surface area contributed by atoms with Gasteiger partial charge in [0.05, 0.1) is 37.0 Å². The molecule has 38 heavy (non-hydrogen) atoms. The highest BCUT2D eigenvalue weighted by Crippen LogP contribution is 2.26. The van der Waals surface area contributed by atoms with Gasteiger partial charge in [-0.05, 0) is 49.7 Å². The zero-order valence-electron chi connectivity index (χ0n) is 21.4. The lowest BCUT2D eigenvalue weighted by atomic mass is 10.1. The van der Waals surface area contributed by atoms with E-state index in [2.05, 4.69) is 27.5 Å². The Morgan fingerprint density at radius 3 is 1.74 bits per heavy atom. The predicted octanol–water partition coefficient (Wildman–Crippen LogP) is 5.09. The minimum atomic E-state index is 0.581. The summed E-state index contributed by atoms with van der Waals surface area (Å²) in [5, 5.41) is 17.5. The van der Waals surface area contributed by atoms with E-state index in [9.17, 15) is 0 Å². The Labute approximate surface area is 221 Å². The van der Waals surface area contributed by atoms with Crippen LogP contribution in [0, 0.1) is 0 Å². The standard InChI is InChI=1S/C29H31N7O2/c1-2-3-15-37-26-12-5-10-24(18-26)35-20-28(31-33-35)22-8-4-9-23(17-22)29-21-36(34-32-29)25-11-6-13-27(19-25)38-16-7-14-30/h4-6,8-13,17-21H,2-3,7,14-16,30H2,1H3. The molecule has 0 radical (unpaired) electrons. The van der Waals surface area contributed by atoms with Gasteiger partial charge >= 0.3 is 0 Å². The first-order valence-electron chi connectivity index (χ1n) is 12.9. The van der Waals surface area contributed by atoms with Gasteiger partial charge in [0.15, 0.2) is 0 Å². The summed E-state index contributed by atoms with van der Waals surface area (Å²) in [5.74, 6) is 1.60. The number of rotatable bonds is 12. The summed E-state index contributed by atoms with van der Waals surface area (Å²) in [6, 6.07) is 23.7. The van der Waals surface area contributed by atoms with Crippen molar-refractivity contribution in [3.63, 3.8) is 0 Å². The van der Waals surface area contributed by atoms with Gasteiger partial charge < -0.3 is 15.2 Å². The van der Waals surface area contributed by atoms with Crippen LogP contribution >= 0.6 is 0 Å². The number of hydrogen-bond donors (Lipinski definition) is 1. The van der Waals surface area contributed by atoms with Crippen LogP contribution in [0.15, 0.2) is 85.2 Å². The molecule has 0 aliphatic heterocycles. The average Bonchev–Trinajstić information content (AvgIpc) is 3.65. The summed E-state index contributed by atoms with van der Waals surface area (Å²) in [7, 11) is 0. The second kappa shape index (κ2) is 12.2. The van der Waals surface area contributed by atoms with Crippen molar-refractivity contribution in [3.05, 3.63) is 85.2 Å². The quantitative estimate of drug-likeness (QED) is 0.234. The number of ether oxygens (including phenoxy) is 2. The smallest absolute Gasteiger partial charge is 0.121 e. The Morgan fingerprint density at radius 2 is 1.21 bits per heavy atom. The molecule has 0 saturated carbocycles. The molecular formula is C29H31N7O2. The van der Waals surface area contributed by atoms with Crippen molar-refractivity contribution in [3.8, 4) is 45.4 Å². The van der Waals surface area contributed by atoms with Crippen molar-refractivity contribution in [2.75, 3.05) is 19.8 Å². The van der Waals surface area contributed by atoms with Crippen LogP contribution in [0.2, 0.25) is 0 Å². The van der Waals surface area contributed by atoms with E-state index in [0.717, 1.165) is 64.7 Å². The summed E-state index contributed by atoms with van der Waals surface area (Å²) in [6.45, 7) is 4.03. The molecule has 3 aromatic carbocycles. The number of aromatic nitrogens is 6. The van der Waals surface area contributed by atoms with Crippen molar-refractivity contribution in [2.24, 2.45) is 5.73 Å². The van der Waals surface area contributed by atoms with Gasteiger partial charge in [-0.15, -0.1) is 10.2 Å². The molecule has 5 rings (SSSR count). The summed E-state index contributed by atoms with van der Waals surface area (Å²) in [4.78, 5) is 0. The molecular weight excluding hydrogens is 478 g/mol. The lowest BCUT2D eigenvalue weighted by Gasteiger charge is -2.07. The normalized spacial score (nSPS) is 11.0. The van der Waals surface area contributed by atoms with Gasteiger partial charge in [-0.3, -0.25) is 0 Å². The van der Waals surface area contributed by atoms with E-state index in [-0.39, 0.29) is 0 Å². The van der Waals surface area contributed by atoms with Crippen LogP contribution in [0.4, 0.5) is 0 Å². The van der Waals surface area contributed by atoms with Crippen LogP contribution in [0.5, 0.6) is 11.5 Å². The van der Waals surface area contributed by atoms with Gasteiger partial charge in [0.1, 0.15) is 22.9 Å². The first-order chi connectivity index (χ1) is 18.7. The molecule has 0 fully saturated rings. The van der Waals surface area contributed by atoms with Crippen molar-refractivity contribution < 1.29 is 9.47 Å². The fourth-order valence-electron chi connectivity index (χ4n) is 3.92. The molecule has 0 amide bonds. The number of hydrogen-bond acceptors (Lipinski definition) is 7. The molecule has 2 N–H and O–H groups in total. The zero-order chi connectivity index (χ0) is 26.2. The molecule has 9 heteroatoms. The predicted molar refractivity (Wildman–Crippen MR) is 147 cm³/mol. The van der Waals surface area contributed by atoms with E-state index in [1.807, 2.05) is 85.2 Å². The number of nitrogens with zero attached hydrogens (tertiary/aromatic N) is 6. The SMILES string of the molecule is CCCCOc1cccc(-n2cc(-c3cccc(-c4cn(-c5cccc(OCCCN)c5)nn4)c3)nn2)c1. The second-order valence-corrected chi connectivity index (χ2v) is 8.86. The van der Waals surface area contributed by atoms with Gasteiger partial charge in [-0.25, -0.2) is 9.36 Å². The fraction of sp³-hybridized carbons (Fsp3) is 0.241. The Balaban J connectivity index is 1.33. The topological polar surface area (TPSA) is 106 Å². The van der Waals surface area contributed by atoms with Crippen LogP contribution in [0.25, 0.3) is 33.9 Å². The van der Waals surface area contributed by atoms with Gasteiger partial charge in [0.2, 0.25) is 0 Å². The Hall–Kier alpha value is -4.50. The van der Waals surface area contributed by atoms with E-state index < -0.39 is 0 Å². The van der Waals surface area contributed by atoms with Crippen molar-refractivity contribution in [1.29, 1.82) is 0 Å². The molecule has 194 valence electrons. The fourth-order valence-corrected chi connectivity index (χ4v) is 3.92. The van der Waals surface area contributed by atoms with Crippen LogP contribution in [-0.4, -0.2) is 49.7 Å². The first kappa shape index (κ1) is 25.2. The molecule has 0 bridgehead atoms. The molecule has 0 aliphatic rings. The first-order valence-corrected chi connectivity index (χ1v) is 12.9. The largest absolute Gasteiger partial charge is 0.494 e. The lowest BCUT2D eigenvalue weighted by molar-refractivity contribution is 0.309. The second-order valence-electron chi connectivity index (χ2n) is 8.86. The van der Waals surface area contributed by atoms with E-state index in [0.29, 0.717) is 19.8 Å². The third kappa shape index (κ3) is 6.07. The van der Waals surface area contributed by atoms with Gasteiger partial charge in [-0.1, -0.05) is 54.1 Å². The van der Waals surface area contributed by atoms with Crippen LogP contribution in [-0.2, 0) is 0 Å². The molecule has 2 aromatic heterocycles. The Bertz CT molecular complexity index is 1370. The van der Waals surface area contributed by atoms with E-state index >= 15 is 0 Å². The monoisotopic (exact) mass is 509 g/mol. The minimum Gasteiger partial charge on any atom is -0.494 e. The van der Waals surface area contributed by atoms with Crippen molar-refractivity contribution in [1.82, 2.24) is 30.0 Å². The summed E-state index contributed by atoms with van der Waals surface area (Å²) >= 11 is 0. The maximum absolute atomic E-state index is 5.84. The maximum atomic E-state index is 5.84. The van der Waals surface area contributed by atoms with Crippen molar-refractivity contribution >= 4 is 0 Å². The highest BCUT2D eigenvalue weighted by Gasteiger charge is 2.11. The summed E-state index contributed by atoms with van der Waals surface area (Å²) in [5.41, 5.74) is 10.7. The van der Waals surface area contributed by atoms with E-state index in [4.69, 9.17) is 15.2 Å². The number of unbranched alkanes of at least 4 members (excludes halogenated alkanes) is 1. The molecule has 0 saturated heterocycles. The van der Waals surface area contributed by atoms with Crippen LogP contribution in [0.3, 0.4) is 0 Å². The third-order valence-electron chi connectivity index (χ3n) is 5.99. The highest BCUT2D eigenvalue weighted by atomic mass is 16.5. The molecule has 5 aromatic rings. The van der Waals surface area contributed by atoms with Gasteiger partial charge in [0.25, 0.3) is 0 Å². The van der Waals surface area contributed by atoms with Gasteiger partial charge in [-0.2, -0.15) is 0 Å². The average molecular weight is 510 g/mol. The molecule has 9 nitrogen and oxygen atoms in total. The summed E-state index contributed by atoms with van der Waals surface area (Å²) < 4.78 is 15.1. The molecule has 0 aliphatic carbocycles. The lowest BCUT2D eigenvalue weighted by Crippen LogP contribution is -2.06. The third-order valence-corrected chi connectivity index (χ3v) is 5.99. The Kier molecular flexibility index (Phi) is 8.05. The molecule has 0 unspecified atom stereocenters. The van der Waals surface area contributed by atoms with E-state index in [1.54, 1.807) is 9.36 Å². The van der Waals surface area contributed by atoms with Gasteiger partial charge in [0, 0.05) is 23.3 Å². The van der Waals surface area contributed by atoms with Crippen molar-refractivity contribution in [2.45, 2.75) is 26.2 Å². The Morgan fingerprint density at radius 1 is 0.684 bits per heavy atom. The maximum Gasteiger partial charge on any atom is 0.121 e.